The molecule has 1 fully saturated rings. The number of carbonyl (C=O) groups is 2. The third kappa shape index (κ3) is 5.26. The fourth-order valence-corrected chi connectivity index (χ4v) is 4.83. The molecule has 0 radical (unpaired) electrons. The average Bonchev–Trinajstić information content (AvgIpc) is 3.22. The van der Waals surface area contributed by atoms with E-state index in [9.17, 15) is 27.2 Å². The van der Waals surface area contributed by atoms with Crippen molar-refractivity contribution in [3.63, 3.8) is 0 Å². The molecule has 208 valence electrons. The summed E-state index contributed by atoms with van der Waals surface area (Å²) < 4.78 is 54.4. The van der Waals surface area contributed by atoms with Crippen LogP contribution in [-0.4, -0.2) is 52.8 Å². The molecule has 0 saturated carbocycles. The fraction of sp³-hybridized carbons (Fsp3) is 0.259. The third-order valence-electron chi connectivity index (χ3n) is 6.70. The SMILES string of the molecule is Cc1nn(C)c2ncc(NC(=O)C(=O)Nc3ccc(F)c(C(F)(F)F)c3)c(N3CCN(c4ccccc4)CC3)c12. The van der Waals surface area contributed by atoms with Gasteiger partial charge >= 0.3 is 18.0 Å². The molecule has 0 aliphatic carbocycles. The zero-order valence-corrected chi connectivity index (χ0v) is 21.6. The molecule has 0 bridgehead atoms. The second kappa shape index (κ2) is 10.5. The second-order valence-electron chi connectivity index (χ2n) is 9.34. The van der Waals surface area contributed by atoms with Crippen LogP contribution in [0.3, 0.4) is 0 Å². The normalized spacial score (nSPS) is 13.9. The molecule has 5 rings (SSSR count). The first-order chi connectivity index (χ1) is 19.0. The van der Waals surface area contributed by atoms with Crippen LogP contribution in [0.15, 0.2) is 54.7 Å². The molecular weight excluding hydrogens is 530 g/mol. The van der Waals surface area contributed by atoms with Crippen LogP contribution in [0.4, 0.5) is 40.3 Å². The number of aromatic nitrogens is 3. The van der Waals surface area contributed by atoms with Gasteiger partial charge in [0.15, 0.2) is 5.65 Å². The van der Waals surface area contributed by atoms with Gasteiger partial charge in [-0.1, -0.05) is 18.2 Å². The quantitative estimate of drug-likeness (QED) is 0.288. The van der Waals surface area contributed by atoms with E-state index >= 15 is 0 Å². The Morgan fingerprint density at radius 1 is 0.925 bits per heavy atom. The van der Waals surface area contributed by atoms with Gasteiger partial charge in [-0.25, -0.2) is 9.37 Å². The minimum atomic E-state index is -4.96. The van der Waals surface area contributed by atoms with Crippen LogP contribution in [0.1, 0.15) is 11.3 Å². The highest BCUT2D eigenvalue weighted by Gasteiger charge is 2.34. The number of anilines is 4. The van der Waals surface area contributed by atoms with Gasteiger partial charge in [0, 0.05) is 44.6 Å². The summed E-state index contributed by atoms with van der Waals surface area (Å²) in [7, 11) is 1.75. The van der Waals surface area contributed by atoms with E-state index < -0.39 is 29.4 Å². The van der Waals surface area contributed by atoms with Crippen molar-refractivity contribution in [3.8, 4) is 0 Å². The van der Waals surface area contributed by atoms with Crippen LogP contribution in [0.2, 0.25) is 0 Å². The molecule has 3 heterocycles. The highest BCUT2D eigenvalue weighted by atomic mass is 19.4. The molecule has 13 heteroatoms. The summed E-state index contributed by atoms with van der Waals surface area (Å²) in [5.74, 6) is -3.83. The zero-order chi connectivity index (χ0) is 28.6. The lowest BCUT2D eigenvalue weighted by Crippen LogP contribution is -2.47. The van der Waals surface area contributed by atoms with Crippen molar-refractivity contribution < 1.29 is 27.2 Å². The summed E-state index contributed by atoms with van der Waals surface area (Å²) >= 11 is 0. The van der Waals surface area contributed by atoms with Gasteiger partial charge in [-0.05, 0) is 37.3 Å². The Bertz CT molecular complexity index is 1580. The minimum absolute atomic E-state index is 0.256. The zero-order valence-electron chi connectivity index (χ0n) is 21.6. The number of nitrogens with one attached hydrogen (secondary N) is 2. The standard InChI is InChI=1S/C27H25F4N7O2/c1-16-22-23(38-12-10-37(11-13-38)18-6-4-3-5-7-18)21(15-32-24(22)36(2)35-16)34-26(40)25(39)33-17-8-9-20(28)19(14-17)27(29,30)31/h3-9,14-15H,10-13H2,1-2H3,(H,33,39)(H,34,40). The number of amides is 2. The lowest BCUT2D eigenvalue weighted by Gasteiger charge is -2.38. The molecule has 1 aliphatic heterocycles. The summed E-state index contributed by atoms with van der Waals surface area (Å²) in [6.07, 6.45) is -3.54. The lowest BCUT2D eigenvalue weighted by atomic mass is 10.1. The number of hydrogen-bond acceptors (Lipinski definition) is 6. The van der Waals surface area contributed by atoms with Crippen molar-refractivity contribution in [1.29, 1.82) is 0 Å². The summed E-state index contributed by atoms with van der Waals surface area (Å²) in [5, 5.41) is 9.82. The minimum Gasteiger partial charge on any atom is -0.368 e. The average molecular weight is 556 g/mol. The monoisotopic (exact) mass is 555 g/mol. The van der Waals surface area contributed by atoms with Crippen LogP contribution < -0.4 is 20.4 Å². The van der Waals surface area contributed by atoms with Gasteiger partial charge in [-0.2, -0.15) is 18.3 Å². The highest BCUT2D eigenvalue weighted by Crippen LogP contribution is 2.37. The number of halogens is 4. The van der Waals surface area contributed by atoms with Crippen molar-refractivity contribution in [1.82, 2.24) is 14.8 Å². The van der Waals surface area contributed by atoms with Crippen LogP contribution in [0.5, 0.6) is 0 Å². The molecule has 1 saturated heterocycles. The number of alkyl halides is 3. The van der Waals surface area contributed by atoms with Gasteiger partial charge in [0.1, 0.15) is 5.82 Å². The number of para-hydroxylation sites is 1. The molecular formula is C27H25F4N7O2. The van der Waals surface area contributed by atoms with Crippen LogP contribution >= 0.6 is 0 Å². The second-order valence-corrected chi connectivity index (χ2v) is 9.34. The van der Waals surface area contributed by atoms with E-state index in [0.29, 0.717) is 60.7 Å². The summed E-state index contributed by atoms with van der Waals surface area (Å²) in [6.45, 7) is 4.43. The van der Waals surface area contributed by atoms with Crippen molar-refractivity contribution in [3.05, 3.63) is 71.8 Å². The molecule has 4 aromatic rings. The fourth-order valence-electron chi connectivity index (χ4n) is 4.83. The molecule has 1 aliphatic rings. The predicted molar refractivity (Wildman–Crippen MR) is 143 cm³/mol. The van der Waals surface area contributed by atoms with Gasteiger partial charge in [0.2, 0.25) is 0 Å². The van der Waals surface area contributed by atoms with Crippen LogP contribution in [0.25, 0.3) is 11.0 Å². The number of carbonyl (C=O) groups excluding carboxylic acids is 2. The maximum absolute atomic E-state index is 13.6. The highest BCUT2D eigenvalue weighted by molar-refractivity contribution is 6.44. The van der Waals surface area contributed by atoms with Crippen molar-refractivity contribution in [2.45, 2.75) is 13.1 Å². The number of nitrogens with zero attached hydrogens (tertiary/aromatic N) is 5. The number of pyridine rings is 1. The number of aryl methyl sites for hydroxylation is 2. The largest absolute Gasteiger partial charge is 0.419 e. The third-order valence-corrected chi connectivity index (χ3v) is 6.70. The number of hydrogen-bond donors (Lipinski definition) is 2. The van der Waals surface area contributed by atoms with Crippen LogP contribution in [0, 0.1) is 12.7 Å². The Hall–Kier alpha value is -4.68. The van der Waals surface area contributed by atoms with Gasteiger partial charge in [0.05, 0.1) is 34.2 Å². The number of benzene rings is 2. The Morgan fingerprint density at radius 2 is 1.57 bits per heavy atom. The molecule has 0 unspecified atom stereocenters. The Labute approximate surface area is 226 Å². The summed E-state index contributed by atoms with van der Waals surface area (Å²) in [6, 6.07) is 11.9. The predicted octanol–water partition coefficient (Wildman–Crippen LogP) is 4.34. The van der Waals surface area contributed by atoms with E-state index in [1.807, 2.05) is 37.3 Å². The molecule has 2 aromatic carbocycles. The van der Waals surface area contributed by atoms with E-state index in [-0.39, 0.29) is 11.4 Å². The van der Waals surface area contributed by atoms with Gasteiger partial charge < -0.3 is 20.4 Å². The van der Waals surface area contributed by atoms with E-state index in [2.05, 4.69) is 30.5 Å². The molecule has 9 nitrogen and oxygen atoms in total. The molecule has 2 aromatic heterocycles. The first-order valence-electron chi connectivity index (χ1n) is 12.4. The summed E-state index contributed by atoms with van der Waals surface area (Å²) in [5.41, 5.74) is 1.34. The maximum Gasteiger partial charge on any atom is 0.419 e. The molecule has 40 heavy (non-hydrogen) atoms. The number of fused-ring (bicyclic) bond motifs is 1. The number of piperazine rings is 1. The van der Waals surface area contributed by atoms with Crippen molar-refractivity contribution in [2.75, 3.05) is 46.6 Å². The Kier molecular flexibility index (Phi) is 7.04. The van der Waals surface area contributed by atoms with Crippen LogP contribution in [-0.2, 0) is 22.8 Å². The lowest BCUT2D eigenvalue weighted by molar-refractivity contribution is -0.140. The van der Waals surface area contributed by atoms with E-state index in [0.717, 1.165) is 11.8 Å². The molecule has 0 spiro atoms. The van der Waals surface area contributed by atoms with Gasteiger partial charge in [0.25, 0.3) is 0 Å². The Balaban J connectivity index is 1.40. The van der Waals surface area contributed by atoms with Gasteiger partial charge in [-0.15, -0.1) is 0 Å². The van der Waals surface area contributed by atoms with Crippen molar-refractivity contribution >= 4 is 45.6 Å². The maximum atomic E-state index is 13.6. The van der Waals surface area contributed by atoms with E-state index in [4.69, 9.17) is 0 Å². The first-order valence-corrected chi connectivity index (χ1v) is 12.4. The molecule has 0 atom stereocenters. The molecule has 2 N–H and O–H groups in total. The van der Waals surface area contributed by atoms with E-state index in [1.165, 1.54) is 6.20 Å². The van der Waals surface area contributed by atoms with E-state index in [1.54, 1.807) is 11.7 Å². The van der Waals surface area contributed by atoms with Gasteiger partial charge in [-0.3, -0.25) is 14.3 Å². The number of rotatable bonds is 4. The Morgan fingerprint density at radius 3 is 2.25 bits per heavy atom. The smallest absolute Gasteiger partial charge is 0.368 e. The topological polar surface area (TPSA) is 95.4 Å². The summed E-state index contributed by atoms with van der Waals surface area (Å²) in [4.78, 5) is 34.2. The molecule has 2 amide bonds. The van der Waals surface area contributed by atoms with Crippen molar-refractivity contribution in [2.24, 2.45) is 7.05 Å². The first kappa shape index (κ1) is 26.9.